The van der Waals surface area contributed by atoms with E-state index in [4.69, 9.17) is 9.47 Å². The van der Waals surface area contributed by atoms with Crippen LogP contribution in [-0.4, -0.2) is 31.3 Å². The molecular formula is C8H17NO4P+. The zero-order valence-electron chi connectivity index (χ0n) is 8.92. The Balaban J connectivity index is 3.90. The first kappa shape index (κ1) is 13.5. The molecule has 0 aliphatic rings. The maximum Gasteiger partial charge on any atom is 0.419 e. The summed E-state index contributed by atoms with van der Waals surface area (Å²) in [5, 5.41) is 2.46. The van der Waals surface area contributed by atoms with E-state index in [9.17, 15) is 9.36 Å². The summed E-state index contributed by atoms with van der Waals surface area (Å²) in [5.74, 6) is -0.432. The number of nitrogens with one attached hydrogen (secondary N) is 1. The van der Waals surface area contributed by atoms with Crippen LogP contribution in [0.1, 0.15) is 20.8 Å². The molecule has 0 fully saturated rings. The summed E-state index contributed by atoms with van der Waals surface area (Å²) >= 11 is 0. The lowest BCUT2D eigenvalue weighted by Gasteiger charge is -2.22. The summed E-state index contributed by atoms with van der Waals surface area (Å²) < 4.78 is 20.2. The topological polar surface area (TPSA) is 64.6 Å². The monoisotopic (exact) mass is 222 g/mol. The number of methoxy groups -OCH3 is 1. The van der Waals surface area contributed by atoms with Crippen molar-refractivity contribution in [3.63, 3.8) is 0 Å². The van der Waals surface area contributed by atoms with Crippen LogP contribution in [0.3, 0.4) is 0 Å². The molecule has 1 unspecified atom stereocenters. The van der Waals surface area contributed by atoms with Crippen molar-refractivity contribution < 1.29 is 18.8 Å². The molecule has 0 spiro atoms. The van der Waals surface area contributed by atoms with Gasteiger partial charge in [0, 0.05) is 7.11 Å². The Kier molecular flexibility index (Phi) is 5.84. The molecule has 1 N–H and O–H groups in total. The van der Waals surface area contributed by atoms with Gasteiger partial charge in [-0.25, -0.2) is 0 Å². The van der Waals surface area contributed by atoms with Gasteiger partial charge in [-0.3, -0.25) is 4.79 Å². The molecule has 5 nitrogen and oxygen atoms in total. The predicted octanol–water partition coefficient (Wildman–Crippen LogP) is 0.872. The van der Waals surface area contributed by atoms with Gasteiger partial charge in [-0.2, -0.15) is 0 Å². The van der Waals surface area contributed by atoms with Gasteiger partial charge in [0.25, 0.3) is 0 Å². The van der Waals surface area contributed by atoms with E-state index in [0.717, 1.165) is 0 Å². The molecule has 0 amide bonds. The van der Waals surface area contributed by atoms with Gasteiger partial charge in [0.1, 0.15) is 12.6 Å². The highest BCUT2D eigenvalue weighted by molar-refractivity contribution is 7.21. The third-order valence-corrected chi connectivity index (χ3v) is 2.29. The number of ether oxygens (including phenoxy) is 2. The molecule has 0 aromatic carbocycles. The lowest BCUT2D eigenvalue weighted by Crippen LogP contribution is -2.36. The first-order valence-corrected chi connectivity index (χ1v) is 5.18. The average molecular weight is 222 g/mol. The van der Waals surface area contributed by atoms with E-state index in [2.05, 4.69) is 5.09 Å². The highest BCUT2D eigenvalue weighted by Gasteiger charge is 2.22. The minimum absolute atomic E-state index is 0.177. The number of carbonyl (C=O) groups is 1. The molecule has 0 saturated heterocycles. The highest BCUT2D eigenvalue weighted by atomic mass is 31.1. The van der Waals surface area contributed by atoms with Crippen molar-refractivity contribution in [3.8, 4) is 0 Å². The molecule has 6 heteroatoms. The van der Waals surface area contributed by atoms with Crippen LogP contribution in [0.15, 0.2) is 0 Å². The fourth-order valence-electron chi connectivity index (χ4n) is 0.576. The summed E-state index contributed by atoms with van der Waals surface area (Å²) in [6, 6.07) is -0.557. The van der Waals surface area contributed by atoms with Crippen molar-refractivity contribution in [1.82, 2.24) is 5.09 Å². The third kappa shape index (κ3) is 5.27. The van der Waals surface area contributed by atoms with Crippen LogP contribution in [0.5, 0.6) is 0 Å². The molecule has 0 saturated carbocycles. The standard InChI is InChI=1S/C8H16NO4P/c1-6(9-14-11)7(10)13-5-8(2,3)12-4/h6H,5H2,1-4H3,(H,9,11)/p+1/t6-/m0/s1. The fourth-order valence-corrected chi connectivity index (χ4v) is 0.871. The van der Waals surface area contributed by atoms with Gasteiger partial charge in [-0.15, -0.1) is 0 Å². The molecule has 0 bridgehead atoms. The van der Waals surface area contributed by atoms with Gasteiger partial charge in [-0.1, -0.05) is 9.65 Å². The van der Waals surface area contributed by atoms with E-state index in [1.807, 2.05) is 13.8 Å². The Morgan fingerprint density at radius 1 is 1.57 bits per heavy atom. The largest absolute Gasteiger partial charge is 0.461 e. The van der Waals surface area contributed by atoms with Crippen molar-refractivity contribution in [2.45, 2.75) is 32.4 Å². The number of rotatable bonds is 6. The van der Waals surface area contributed by atoms with Gasteiger partial charge >= 0.3 is 14.6 Å². The number of esters is 1. The average Bonchev–Trinajstić information content (AvgIpc) is 2.15. The van der Waals surface area contributed by atoms with Crippen LogP contribution in [0.25, 0.3) is 0 Å². The van der Waals surface area contributed by atoms with Crippen LogP contribution < -0.4 is 5.09 Å². The minimum atomic E-state index is -0.710. The molecule has 82 valence electrons. The van der Waals surface area contributed by atoms with Crippen LogP contribution in [0.4, 0.5) is 0 Å². The van der Waals surface area contributed by atoms with Gasteiger partial charge in [0.05, 0.1) is 5.60 Å². The zero-order chi connectivity index (χ0) is 11.2. The Bertz CT molecular complexity index is 208. The Hall–Kier alpha value is -0.510. The lowest BCUT2D eigenvalue weighted by molar-refractivity contribution is -0.152. The summed E-state index contributed by atoms with van der Waals surface area (Å²) in [4.78, 5) is 11.2. The fraction of sp³-hybridized carbons (Fsp3) is 0.875. The molecule has 0 radical (unpaired) electrons. The molecule has 0 aromatic heterocycles. The Labute approximate surface area is 85.4 Å². The smallest absolute Gasteiger partial charge is 0.419 e. The van der Waals surface area contributed by atoms with Crippen LogP contribution in [0.2, 0.25) is 0 Å². The second-order valence-corrected chi connectivity index (χ2v) is 4.03. The van der Waals surface area contributed by atoms with E-state index in [0.29, 0.717) is 0 Å². The van der Waals surface area contributed by atoms with E-state index in [1.165, 1.54) is 0 Å². The summed E-state index contributed by atoms with van der Waals surface area (Å²) in [5.41, 5.74) is -0.491. The maximum absolute atomic E-state index is 11.2. The molecular weight excluding hydrogens is 205 g/mol. The summed E-state index contributed by atoms with van der Waals surface area (Å²) in [7, 11) is 0.840. The Morgan fingerprint density at radius 3 is 2.57 bits per heavy atom. The van der Waals surface area contributed by atoms with Gasteiger partial charge in [-0.05, 0) is 20.8 Å². The van der Waals surface area contributed by atoms with Gasteiger partial charge in [0.15, 0.2) is 0 Å². The van der Waals surface area contributed by atoms with Gasteiger partial charge < -0.3 is 9.47 Å². The quantitative estimate of drug-likeness (QED) is 0.533. The van der Waals surface area contributed by atoms with Crippen LogP contribution in [-0.2, 0) is 18.8 Å². The first-order valence-electron chi connectivity index (χ1n) is 4.27. The van der Waals surface area contributed by atoms with E-state index >= 15 is 0 Å². The second-order valence-electron chi connectivity index (χ2n) is 3.54. The number of carbonyl (C=O) groups excluding carboxylic acids is 1. The van der Waals surface area contributed by atoms with Crippen LogP contribution >= 0.6 is 8.61 Å². The first-order chi connectivity index (χ1) is 6.43. The minimum Gasteiger partial charge on any atom is -0.461 e. The highest BCUT2D eigenvalue weighted by Crippen LogP contribution is 2.08. The maximum atomic E-state index is 11.2. The summed E-state index contributed by atoms with van der Waals surface area (Å²) in [6.45, 7) is 5.39. The van der Waals surface area contributed by atoms with Gasteiger partial charge in [0.2, 0.25) is 0 Å². The molecule has 2 atom stereocenters. The predicted molar refractivity (Wildman–Crippen MR) is 53.6 cm³/mol. The SMILES string of the molecule is COC(C)(C)COC(=O)[C@H](C)N[PH+]=O. The number of hydrogen-bond donors (Lipinski definition) is 1. The van der Waals surface area contributed by atoms with E-state index < -0.39 is 26.2 Å². The lowest BCUT2D eigenvalue weighted by atomic mass is 10.1. The molecule has 0 aromatic rings. The Morgan fingerprint density at radius 2 is 2.14 bits per heavy atom. The molecule has 0 heterocycles. The molecule has 0 aliphatic carbocycles. The van der Waals surface area contributed by atoms with Crippen molar-refractivity contribution in [1.29, 1.82) is 0 Å². The van der Waals surface area contributed by atoms with Crippen molar-refractivity contribution in [3.05, 3.63) is 0 Å². The van der Waals surface area contributed by atoms with Crippen LogP contribution in [0, 0.1) is 0 Å². The van der Waals surface area contributed by atoms with E-state index in [-0.39, 0.29) is 6.61 Å². The van der Waals surface area contributed by atoms with Crippen molar-refractivity contribution in [2.75, 3.05) is 13.7 Å². The molecule has 14 heavy (non-hydrogen) atoms. The number of hydrogen-bond acceptors (Lipinski definition) is 4. The van der Waals surface area contributed by atoms with Crippen molar-refractivity contribution in [2.24, 2.45) is 0 Å². The summed E-state index contributed by atoms with van der Waals surface area (Å²) in [6.07, 6.45) is 0. The third-order valence-electron chi connectivity index (χ3n) is 1.74. The normalized spacial score (nSPS) is 14.0. The second kappa shape index (κ2) is 6.06. The van der Waals surface area contributed by atoms with E-state index in [1.54, 1.807) is 14.0 Å². The zero-order valence-corrected chi connectivity index (χ0v) is 9.92. The molecule has 0 rings (SSSR count). The molecule has 0 aliphatic heterocycles. The van der Waals surface area contributed by atoms with Crippen molar-refractivity contribution >= 4 is 14.6 Å².